The molecule has 0 fully saturated rings. The number of nitrogens with one attached hydrogen (secondary N) is 2. The van der Waals surface area contributed by atoms with Crippen molar-refractivity contribution < 1.29 is 0 Å². The second-order valence-corrected chi connectivity index (χ2v) is 5.92. The minimum absolute atomic E-state index is 0.930. The zero-order valence-electron chi connectivity index (χ0n) is 11.2. The summed E-state index contributed by atoms with van der Waals surface area (Å²) in [6, 6.07) is 6.74. The first-order valence-corrected chi connectivity index (χ1v) is 7.66. The van der Waals surface area contributed by atoms with Crippen molar-refractivity contribution in [2.24, 2.45) is 0 Å². The van der Waals surface area contributed by atoms with Crippen LogP contribution in [-0.2, 0) is 19.4 Å². The molecule has 0 aliphatic carbocycles. The van der Waals surface area contributed by atoms with Crippen LogP contribution in [0.3, 0.4) is 0 Å². The van der Waals surface area contributed by atoms with Gasteiger partial charge in [0.05, 0.1) is 5.01 Å². The molecule has 3 rings (SSSR count). The van der Waals surface area contributed by atoms with Crippen LogP contribution < -0.4 is 10.6 Å². The Hall–Kier alpha value is -1.39. The lowest BCUT2D eigenvalue weighted by Gasteiger charge is -2.06. The Bertz CT molecular complexity index is 562. The monoisotopic (exact) mass is 273 g/mol. The highest BCUT2D eigenvalue weighted by atomic mass is 32.1. The van der Waals surface area contributed by atoms with E-state index in [9.17, 15) is 0 Å². The minimum atomic E-state index is 0.930. The summed E-state index contributed by atoms with van der Waals surface area (Å²) in [6.45, 7) is 5.04. The van der Waals surface area contributed by atoms with Gasteiger partial charge in [-0.15, -0.1) is 11.3 Å². The van der Waals surface area contributed by atoms with Crippen LogP contribution in [-0.4, -0.2) is 18.1 Å². The number of hydrogen-bond acceptors (Lipinski definition) is 4. The summed E-state index contributed by atoms with van der Waals surface area (Å²) in [5.41, 5.74) is 5.24. The van der Waals surface area contributed by atoms with Gasteiger partial charge in [0.25, 0.3) is 0 Å². The third-order valence-electron chi connectivity index (χ3n) is 3.40. The first-order chi connectivity index (χ1) is 9.31. The molecular formula is C15H19N3S. The van der Waals surface area contributed by atoms with Crippen LogP contribution in [0, 0.1) is 6.92 Å². The van der Waals surface area contributed by atoms with Crippen molar-refractivity contribution in [1.29, 1.82) is 0 Å². The van der Waals surface area contributed by atoms with E-state index >= 15 is 0 Å². The molecule has 0 spiro atoms. The van der Waals surface area contributed by atoms with Gasteiger partial charge in [0, 0.05) is 42.8 Å². The van der Waals surface area contributed by atoms with Crippen molar-refractivity contribution >= 4 is 17.0 Å². The van der Waals surface area contributed by atoms with Gasteiger partial charge in [-0.25, -0.2) is 4.98 Å². The van der Waals surface area contributed by atoms with E-state index in [1.165, 1.54) is 21.8 Å². The number of hydrogen-bond donors (Lipinski definition) is 2. The van der Waals surface area contributed by atoms with Crippen molar-refractivity contribution in [2.45, 2.75) is 26.3 Å². The normalized spacial score (nSPS) is 13.3. The van der Waals surface area contributed by atoms with E-state index < -0.39 is 0 Å². The molecule has 0 saturated heterocycles. The fraction of sp³-hybridized carbons (Fsp3) is 0.400. The molecule has 3 nitrogen and oxygen atoms in total. The first kappa shape index (κ1) is 12.6. The molecule has 1 aromatic carbocycles. The fourth-order valence-corrected chi connectivity index (χ4v) is 3.17. The van der Waals surface area contributed by atoms with Gasteiger partial charge in [-0.2, -0.15) is 0 Å². The van der Waals surface area contributed by atoms with Gasteiger partial charge in [-0.1, -0.05) is 12.1 Å². The number of fused-ring (bicyclic) bond motifs is 1. The third-order valence-corrected chi connectivity index (χ3v) is 4.42. The van der Waals surface area contributed by atoms with Crippen LogP contribution in [0.5, 0.6) is 0 Å². The van der Waals surface area contributed by atoms with Crippen molar-refractivity contribution in [2.75, 3.05) is 18.4 Å². The number of thiazole rings is 1. The highest BCUT2D eigenvalue weighted by Crippen LogP contribution is 2.23. The number of aromatic nitrogens is 1. The molecule has 0 bridgehead atoms. The van der Waals surface area contributed by atoms with E-state index in [1.807, 2.05) is 6.92 Å². The Morgan fingerprint density at radius 2 is 2.37 bits per heavy atom. The summed E-state index contributed by atoms with van der Waals surface area (Å²) in [7, 11) is 0. The van der Waals surface area contributed by atoms with Gasteiger partial charge in [-0.05, 0) is 30.5 Å². The van der Waals surface area contributed by atoms with Gasteiger partial charge >= 0.3 is 0 Å². The van der Waals surface area contributed by atoms with Crippen LogP contribution in [0.1, 0.15) is 21.8 Å². The van der Waals surface area contributed by atoms with Gasteiger partial charge in [0.1, 0.15) is 0 Å². The molecule has 1 aromatic heterocycles. The molecule has 0 atom stereocenters. The lowest BCUT2D eigenvalue weighted by Crippen LogP contribution is -2.16. The summed E-state index contributed by atoms with van der Waals surface area (Å²) in [5.74, 6) is 0. The van der Waals surface area contributed by atoms with E-state index in [0.717, 1.165) is 38.2 Å². The molecule has 0 amide bonds. The maximum absolute atomic E-state index is 4.47. The van der Waals surface area contributed by atoms with E-state index in [2.05, 4.69) is 39.2 Å². The van der Waals surface area contributed by atoms with Gasteiger partial charge < -0.3 is 10.6 Å². The van der Waals surface area contributed by atoms with Gasteiger partial charge in [0.15, 0.2) is 0 Å². The van der Waals surface area contributed by atoms with E-state index in [-0.39, 0.29) is 0 Å². The van der Waals surface area contributed by atoms with Crippen molar-refractivity contribution in [3.63, 3.8) is 0 Å². The average Bonchev–Trinajstić information content (AvgIpc) is 3.03. The second kappa shape index (κ2) is 5.72. The van der Waals surface area contributed by atoms with E-state index in [4.69, 9.17) is 0 Å². The predicted molar refractivity (Wildman–Crippen MR) is 80.9 cm³/mol. The molecule has 0 saturated carbocycles. The first-order valence-electron chi connectivity index (χ1n) is 6.79. The molecule has 1 aliphatic rings. The zero-order chi connectivity index (χ0) is 13.1. The van der Waals surface area contributed by atoms with E-state index in [1.54, 1.807) is 11.3 Å². The Morgan fingerprint density at radius 1 is 1.42 bits per heavy atom. The molecule has 2 heterocycles. The lowest BCUT2D eigenvalue weighted by molar-refractivity contribution is 0.685. The number of aryl methyl sites for hydroxylation is 1. The lowest BCUT2D eigenvalue weighted by atomic mass is 10.1. The average molecular weight is 273 g/mol. The van der Waals surface area contributed by atoms with Gasteiger partial charge in [-0.3, -0.25) is 0 Å². The molecule has 2 aromatic rings. The zero-order valence-corrected chi connectivity index (χ0v) is 12.0. The largest absolute Gasteiger partial charge is 0.384 e. The van der Waals surface area contributed by atoms with Crippen LogP contribution in [0.4, 0.5) is 5.69 Å². The molecule has 1 aliphatic heterocycles. The molecule has 4 heteroatoms. The summed E-state index contributed by atoms with van der Waals surface area (Å²) < 4.78 is 0. The summed E-state index contributed by atoms with van der Waals surface area (Å²) >= 11 is 1.75. The van der Waals surface area contributed by atoms with E-state index in [0.29, 0.717) is 0 Å². The molecule has 19 heavy (non-hydrogen) atoms. The Kier molecular flexibility index (Phi) is 3.80. The second-order valence-electron chi connectivity index (χ2n) is 4.98. The fourth-order valence-electron chi connectivity index (χ4n) is 2.39. The molecule has 0 radical (unpaired) electrons. The smallest absolute Gasteiger partial charge is 0.0940 e. The SMILES string of the molecule is Cc1csc(CCNCc2ccc3c(c2)NCC3)n1. The van der Waals surface area contributed by atoms with Crippen LogP contribution in [0.15, 0.2) is 23.6 Å². The summed E-state index contributed by atoms with van der Waals surface area (Å²) in [5, 5.41) is 10.2. The highest BCUT2D eigenvalue weighted by Gasteiger charge is 2.09. The number of benzene rings is 1. The summed E-state index contributed by atoms with van der Waals surface area (Å²) in [6.07, 6.45) is 2.17. The number of nitrogens with zero attached hydrogens (tertiary/aromatic N) is 1. The third kappa shape index (κ3) is 3.14. The number of rotatable bonds is 5. The quantitative estimate of drug-likeness (QED) is 0.823. The van der Waals surface area contributed by atoms with Gasteiger partial charge in [0.2, 0.25) is 0 Å². The highest BCUT2D eigenvalue weighted by molar-refractivity contribution is 7.09. The Labute approximate surface area is 118 Å². The predicted octanol–water partition coefficient (Wildman–Crippen LogP) is 2.75. The van der Waals surface area contributed by atoms with Crippen LogP contribution >= 0.6 is 11.3 Å². The van der Waals surface area contributed by atoms with Crippen LogP contribution in [0.25, 0.3) is 0 Å². The van der Waals surface area contributed by atoms with Crippen molar-refractivity contribution in [1.82, 2.24) is 10.3 Å². The topological polar surface area (TPSA) is 37.0 Å². The maximum atomic E-state index is 4.47. The Morgan fingerprint density at radius 3 is 3.21 bits per heavy atom. The maximum Gasteiger partial charge on any atom is 0.0940 e. The molecule has 0 unspecified atom stereocenters. The molecule has 100 valence electrons. The van der Waals surface area contributed by atoms with Crippen molar-refractivity contribution in [3.8, 4) is 0 Å². The van der Waals surface area contributed by atoms with Crippen LogP contribution in [0.2, 0.25) is 0 Å². The summed E-state index contributed by atoms with van der Waals surface area (Å²) in [4.78, 5) is 4.47. The Balaban J connectivity index is 1.47. The van der Waals surface area contributed by atoms with Crippen molar-refractivity contribution in [3.05, 3.63) is 45.4 Å². The minimum Gasteiger partial charge on any atom is -0.384 e. The standard InChI is InChI=1S/C15H19N3S/c1-11-10-19-15(18-11)5-6-16-9-12-2-3-13-4-7-17-14(13)8-12/h2-3,8,10,16-17H,4-7,9H2,1H3. The number of anilines is 1. The molecule has 2 N–H and O–H groups in total. The molecular weight excluding hydrogens is 254 g/mol.